The Morgan fingerprint density at radius 3 is 2.34 bits per heavy atom. The Kier molecular flexibility index (Phi) is 13.3. The molecule has 0 spiro atoms. The van der Waals surface area contributed by atoms with E-state index in [1.165, 1.54) is 50.5 Å². The monoisotopic (exact) mass is 556 g/mol. The van der Waals surface area contributed by atoms with Gasteiger partial charge in [-0.2, -0.15) is 4.57 Å². The van der Waals surface area contributed by atoms with Crippen molar-refractivity contribution in [1.29, 1.82) is 0 Å². The summed E-state index contributed by atoms with van der Waals surface area (Å²) in [4.78, 5) is 12.9. The first-order chi connectivity index (χ1) is 17.8. The number of nitrogens with zero attached hydrogens (tertiary/aromatic N) is 1. The zero-order valence-electron chi connectivity index (χ0n) is 23.8. The van der Waals surface area contributed by atoms with Gasteiger partial charge in [-0.1, -0.05) is 102 Å². The van der Waals surface area contributed by atoms with Gasteiger partial charge in [0, 0.05) is 5.69 Å². The molecule has 0 bridgehead atoms. The van der Waals surface area contributed by atoms with E-state index in [2.05, 4.69) is 67.2 Å². The van der Waals surface area contributed by atoms with Crippen LogP contribution in [0.25, 0.3) is 10.6 Å². The van der Waals surface area contributed by atoms with Gasteiger partial charge < -0.3 is 22.5 Å². The van der Waals surface area contributed by atoms with E-state index >= 15 is 0 Å². The van der Waals surface area contributed by atoms with Crippen molar-refractivity contribution in [1.82, 2.24) is 0 Å². The average Bonchev–Trinajstić information content (AvgIpc) is 3.28. The molecule has 3 aromatic rings. The number of benzene rings is 2. The van der Waals surface area contributed by atoms with Gasteiger partial charge >= 0.3 is 0 Å². The highest BCUT2D eigenvalue weighted by atomic mass is 35.5. The minimum absolute atomic E-state index is 0. The van der Waals surface area contributed by atoms with Crippen molar-refractivity contribution in [3.63, 3.8) is 0 Å². The Morgan fingerprint density at radius 1 is 0.974 bits per heavy atom. The summed E-state index contributed by atoms with van der Waals surface area (Å²) in [6, 6.07) is 14.3. The predicted molar refractivity (Wildman–Crippen MR) is 157 cm³/mol. The number of nitrogens with one attached hydrogen (secondary N) is 1. The molecule has 38 heavy (non-hydrogen) atoms. The standard InChI is InChI=1S/C32H44N2O2S.ClH/c1-6-7-8-9-10-11-12-13-20-36-29-22-25(17-18-28(29)32(2,3)4)23-30(35)33-27-16-14-15-26(24-27)31-34(5)19-21-37-31;/h14-19,21-22,24H,6-13,20,23H2,1-5H3;1H. The van der Waals surface area contributed by atoms with E-state index in [1.54, 1.807) is 11.3 Å². The van der Waals surface area contributed by atoms with Gasteiger partial charge in [0.25, 0.3) is 5.01 Å². The molecule has 0 saturated heterocycles. The number of hydrogen-bond acceptors (Lipinski definition) is 3. The summed E-state index contributed by atoms with van der Waals surface area (Å²) in [6.07, 6.45) is 12.6. The number of hydrogen-bond donors (Lipinski definition) is 1. The molecule has 0 atom stereocenters. The molecule has 0 unspecified atom stereocenters. The first-order valence-electron chi connectivity index (χ1n) is 13.9. The van der Waals surface area contributed by atoms with Crippen LogP contribution in [-0.4, -0.2) is 12.5 Å². The van der Waals surface area contributed by atoms with Crippen molar-refractivity contribution >= 4 is 22.9 Å². The van der Waals surface area contributed by atoms with Crippen LogP contribution >= 0.6 is 11.3 Å². The van der Waals surface area contributed by atoms with Crippen LogP contribution in [-0.2, 0) is 23.7 Å². The fourth-order valence-corrected chi connectivity index (χ4v) is 5.43. The molecule has 0 radical (unpaired) electrons. The lowest BCUT2D eigenvalue weighted by Crippen LogP contribution is -3.00. The minimum atomic E-state index is -0.0229. The van der Waals surface area contributed by atoms with Gasteiger partial charge in [0.2, 0.25) is 5.91 Å². The predicted octanol–water partition coefficient (Wildman–Crippen LogP) is 5.24. The molecule has 3 rings (SSSR count). The highest BCUT2D eigenvalue weighted by Gasteiger charge is 2.20. The van der Waals surface area contributed by atoms with Crippen molar-refractivity contribution in [2.24, 2.45) is 7.05 Å². The molecular weight excluding hydrogens is 512 g/mol. The summed E-state index contributed by atoms with van der Waals surface area (Å²) in [5.74, 6) is 0.887. The van der Waals surface area contributed by atoms with Crippen LogP contribution in [0, 0.1) is 0 Å². The molecule has 4 nitrogen and oxygen atoms in total. The Morgan fingerprint density at radius 2 is 1.68 bits per heavy atom. The van der Waals surface area contributed by atoms with E-state index in [0.717, 1.165) is 40.6 Å². The lowest BCUT2D eigenvalue weighted by molar-refractivity contribution is -0.655. The molecule has 2 aromatic carbocycles. The quantitative estimate of drug-likeness (QED) is 0.218. The first kappa shape index (κ1) is 31.8. The molecule has 0 aliphatic rings. The second-order valence-electron chi connectivity index (χ2n) is 11.0. The molecular formula is C32H45ClN2O2S. The minimum Gasteiger partial charge on any atom is -1.00 e. The third kappa shape index (κ3) is 10.1. The fraction of sp³-hybridized carbons (Fsp3) is 0.500. The summed E-state index contributed by atoms with van der Waals surface area (Å²) < 4.78 is 8.38. The highest BCUT2D eigenvalue weighted by Crippen LogP contribution is 2.33. The number of amides is 1. The van der Waals surface area contributed by atoms with E-state index in [-0.39, 0.29) is 23.7 Å². The molecule has 0 aliphatic heterocycles. The van der Waals surface area contributed by atoms with Gasteiger partial charge in [0.15, 0.2) is 6.20 Å². The molecule has 1 N–H and O–H groups in total. The van der Waals surface area contributed by atoms with Crippen LogP contribution in [0.15, 0.2) is 54.0 Å². The number of thiazole rings is 1. The maximum atomic E-state index is 12.9. The SMILES string of the molecule is CCCCCCCCCCOc1cc(CC(=O)Nc2cccc(-c3scc[n+]3C)c2)ccc1C(C)(C)C.[Cl-]. The van der Waals surface area contributed by atoms with Crippen molar-refractivity contribution in [3.8, 4) is 16.3 Å². The number of ether oxygens (including phenoxy) is 1. The molecule has 1 amide bonds. The molecule has 0 saturated carbocycles. The Hall–Kier alpha value is -2.37. The normalized spacial score (nSPS) is 11.2. The number of unbranched alkanes of at least 4 members (excludes halogenated alkanes) is 7. The second-order valence-corrected chi connectivity index (χ2v) is 11.9. The fourth-order valence-electron chi connectivity index (χ4n) is 4.56. The topological polar surface area (TPSA) is 42.2 Å². The maximum absolute atomic E-state index is 12.9. The molecule has 0 aliphatic carbocycles. The summed E-state index contributed by atoms with van der Waals surface area (Å²) >= 11 is 1.69. The van der Waals surface area contributed by atoms with Crippen molar-refractivity contribution in [2.75, 3.05) is 11.9 Å². The Bertz CT molecular complexity index is 1140. The number of carbonyl (C=O) groups excluding carboxylic acids is 1. The summed E-state index contributed by atoms with van der Waals surface area (Å²) in [6.45, 7) is 9.60. The van der Waals surface area contributed by atoms with Crippen LogP contribution in [0.1, 0.15) is 90.2 Å². The third-order valence-corrected chi connectivity index (χ3v) is 7.66. The van der Waals surface area contributed by atoms with E-state index in [9.17, 15) is 4.79 Å². The summed E-state index contributed by atoms with van der Waals surface area (Å²) in [5.41, 5.74) is 4.05. The number of carbonyl (C=O) groups is 1. The van der Waals surface area contributed by atoms with Crippen LogP contribution in [0.3, 0.4) is 0 Å². The molecule has 208 valence electrons. The lowest BCUT2D eigenvalue weighted by atomic mass is 9.85. The smallest absolute Gasteiger partial charge is 0.268 e. The van der Waals surface area contributed by atoms with Crippen molar-refractivity contribution < 1.29 is 26.5 Å². The molecule has 0 fully saturated rings. The average molecular weight is 557 g/mol. The zero-order valence-corrected chi connectivity index (χ0v) is 25.4. The van der Waals surface area contributed by atoms with Gasteiger partial charge in [-0.05, 0) is 47.2 Å². The highest BCUT2D eigenvalue weighted by molar-refractivity contribution is 7.12. The lowest BCUT2D eigenvalue weighted by Gasteiger charge is -2.23. The van der Waals surface area contributed by atoms with E-state index < -0.39 is 0 Å². The number of aromatic nitrogens is 1. The van der Waals surface area contributed by atoms with Gasteiger partial charge in [0.1, 0.15) is 12.8 Å². The molecule has 1 aromatic heterocycles. The number of halogens is 1. The van der Waals surface area contributed by atoms with Crippen LogP contribution in [0.2, 0.25) is 0 Å². The maximum Gasteiger partial charge on any atom is 0.268 e. The van der Waals surface area contributed by atoms with Crippen molar-refractivity contribution in [2.45, 2.75) is 90.9 Å². The first-order valence-corrected chi connectivity index (χ1v) is 14.8. The van der Waals surface area contributed by atoms with Crippen LogP contribution in [0.4, 0.5) is 5.69 Å². The summed E-state index contributed by atoms with van der Waals surface area (Å²) in [7, 11) is 2.03. The Labute approximate surface area is 240 Å². The molecule has 6 heteroatoms. The number of rotatable bonds is 14. The molecule has 1 heterocycles. The summed E-state index contributed by atoms with van der Waals surface area (Å²) in [5, 5.41) is 6.30. The zero-order chi connectivity index (χ0) is 26.7. The van der Waals surface area contributed by atoms with Gasteiger partial charge in [-0.25, -0.2) is 0 Å². The Balaban J connectivity index is 0.00000507. The number of aryl methyl sites for hydroxylation is 1. The van der Waals surface area contributed by atoms with E-state index in [0.29, 0.717) is 6.42 Å². The third-order valence-electron chi connectivity index (χ3n) is 6.65. The van der Waals surface area contributed by atoms with Crippen LogP contribution < -0.4 is 27.0 Å². The van der Waals surface area contributed by atoms with Gasteiger partial charge in [-0.15, -0.1) is 0 Å². The van der Waals surface area contributed by atoms with E-state index in [1.807, 2.05) is 31.4 Å². The second kappa shape index (κ2) is 15.9. The van der Waals surface area contributed by atoms with E-state index in [4.69, 9.17) is 4.74 Å². The van der Waals surface area contributed by atoms with Crippen LogP contribution in [0.5, 0.6) is 5.75 Å². The van der Waals surface area contributed by atoms with Crippen molar-refractivity contribution in [3.05, 3.63) is 65.2 Å². The largest absolute Gasteiger partial charge is 1.00 e. The van der Waals surface area contributed by atoms with Gasteiger partial charge in [-0.3, -0.25) is 4.79 Å². The van der Waals surface area contributed by atoms with Gasteiger partial charge in [0.05, 0.1) is 24.0 Å². The number of anilines is 1.